The van der Waals surface area contributed by atoms with E-state index in [9.17, 15) is 34.2 Å². The molecule has 1 aliphatic heterocycles. The molecule has 4 amide bonds. The molecule has 0 unspecified atom stereocenters. The lowest BCUT2D eigenvalue weighted by atomic mass is 10.2. The Bertz CT molecular complexity index is 2570. The number of aromatic amines is 1. The summed E-state index contributed by atoms with van der Waals surface area (Å²) in [6.07, 6.45) is 6.41. The molecule has 0 saturated carbocycles. The molecule has 0 aromatic carbocycles. The molecule has 7 heterocycles. The quantitative estimate of drug-likeness (QED) is 0.0724. The van der Waals surface area contributed by atoms with E-state index in [-0.39, 0.29) is 59.9 Å². The van der Waals surface area contributed by atoms with Crippen molar-refractivity contribution in [2.75, 3.05) is 41.0 Å². The first-order valence-corrected chi connectivity index (χ1v) is 18.3. The monoisotopic (exact) mass is 797 g/mol. The van der Waals surface area contributed by atoms with Crippen molar-refractivity contribution in [3.63, 3.8) is 0 Å². The number of nitrogens with one attached hydrogen (secondary N) is 6. The Morgan fingerprint density at radius 3 is 1.93 bits per heavy atom. The van der Waals surface area contributed by atoms with Crippen LogP contribution in [-0.4, -0.2) is 104 Å². The summed E-state index contributed by atoms with van der Waals surface area (Å²) in [7, 11) is 6.78. The summed E-state index contributed by atoms with van der Waals surface area (Å²) in [5.74, 6) is -1.40. The van der Waals surface area contributed by atoms with Gasteiger partial charge in [-0.05, 0) is 36.8 Å². The Kier molecular flexibility index (Phi) is 11.0. The molecule has 0 spiro atoms. The van der Waals surface area contributed by atoms with Crippen LogP contribution in [0, 0.1) is 0 Å². The number of amides is 4. The van der Waals surface area contributed by atoms with Crippen LogP contribution in [0.15, 0.2) is 66.2 Å². The number of aryl methyl sites for hydroxylation is 4. The summed E-state index contributed by atoms with van der Waals surface area (Å²) < 4.78 is 13.7. The summed E-state index contributed by atoms with van der Waals surface area (Å²) in [5.41, 5.74) is 2.41. The van der Waals surface area contributed by atoms with Crippen molar-refractivity contribution in [1.82, 2.24) is 43.1 Å². The van der Waals surface area contributed by atoms with Crippen LogP contribution in [0.5, 0.6) is 0 Å². The molecule has 0 radical (unpaired) electrons. The third-order valence-corrected chi connectivity index (χ3v) is 9.72. The predicted octanol–water partition coefficient (Wildman–Crippen LogP) is 1.10. The number of hydrogen-bond donors (Lipinski definition) is 8. The number of imidazole rings is 1. The van der Waals surface area contributed by atoms with Gasteiger partial charge in [0.05, 0.1) is 36.1 Å². The number of carbonyl (C=O) groups excluding carboxylic acids is 4. The zero-order valence-corrected chi connectivity index (χ0v) is 32.0. The molecule has 6 aromatic rings. The number of nitrogens with zero attached hydrogens (tertiary/aromatic N) is 7. The Hall–Kier alpha value is -6.97. The molecule has 1 aliphatic rings. The van der Waals surface area contributed by atoms with Gasteiger partial charge in [0.15, 0.2) is 11.2 Å². The van der Waals surface area contributed by atoms with Crippen LogP contribution in [0.4, 0.5) is 23.0 Å². The van der Waals surface area contributed by atoms with Crippen LogP contribution in [0.25, 0.3) is 11.2 Å². The maximum absolute atomic E-state index is 13.3. The van der Waals surface area contributed by atoms with Crippen molar-refractivity contribution in [1.29, 1.82) is 0 Å². The van der Waals surface area contributed by atoms with E-state index in [1.165, 1.54) is 12.4 Å². The molecule has 8 N–H and O–H groups in total. The minimum atomic E-state index is -0.866. The van der Waals surface area contributed by atoms with Gasteiger partial charge >= 0.3 is 0 Å². The van der Waals surface area contributed by atoms with Crippen molar-refractivity contribution < 1.29 is 34.1 Å². The van der Waals surface area contributed by atoms with Gasteiger partial charge in [-0.2, -0.15) is 4.98 Å². The number of fused-ring (bicyclic) bond motifs is 1. The van der Waals surface area contributed by atoms with Gasteiger partial charge in [-0.3, -0.25) is 33.5 Å². The number of ether oxygens (including phenoxy) is 1. The average molecular weight is 798 g/mol. The van der Waals surface area contributed by atoms with E-state index in [0.29, 0.717) is 41.4 Å². The van der Waals surface area contributed by atoms with E-state index in [4.69, 9.17) is 4.74 Å². The van der Waals surface area contributed by atoms with Crippen molar-refractivity contribution >= 4 is 57.8 Å². The second kappa shape index (κ2) is 16.3. The normalized spacial score (nSPS) is 16.4. The molecule has 1 fully saturated rings. The van der Waals surface area contributed by atoms with E-state index in [1.807, 2.05) is 0 Å². The maximum Gasteiger partial charge on any atom is 0.280 e. The van der Waals surface area contributed by atoms with Gasteiger partial charge in [-0.25, -0.2) is 4.98 Å². The van der Waals surface area contributed by atoms with Crippen molar-refractivity contribution in [3.8, 4) is 0 Å². The van der Waals surface area contributed by atoms with Gasteiger partial charge in [0.1, 0.15) is 35.1 Å². The van der Waals surface area contributed by atoms with E-state index >= 15 is 0 Å². The van der Waals surface area contributed by atoms with E-state index in [0.717, 1.165) is 0 Å². The minimum absolute atomic E-state index is 0.102. The molecule has 1 saturated heterocycles. The van der Waals surface area contributed by atoms with Crippen LogP contribution >= 0.6 is 0 Å². The molecule has 0 aliphatic carbocycles. The standard InChI is InChI=1S/C37H43N13O8/c1-46-10-5-7-23(46)33(54)41-21-12-25(48(3)16-21)35(56)43-22-13-26(49(4)17-22)34(55)42-20-11-24(47(2)15-20)32(53)38-8-6-9-39-37-44-31-30(36(57)45-37)40-19-50(31)29-14-27(52)28(18-51)58-29/h5,7,10-13,15-17,19,27-29,51-52H,6,8-9,14,18H2,1-4H3,(H,38,53)(H,41,54)(H,42,55)(H,43,56)(H2,39,44,45,57)/t27-,28+,29+/m0/s1. The highest BCUT2D eigenvalue weighted by atomic mass is 16.5. The number of hydrogen-bond acceptors (Lipinski definition) is 11. The number of carbonyl (C=O) groups is 4. The molecule has 6 aromatic heterocycles. The van der Waals surface area contributed by atoms with Gasteiger partial charge in [-0.1, -0.05) is 0 Å². The minimum Gasteiger partial charge on any atom is -0.394 e. The largest absolute Gasteiger partial charge is 0.394 e. The van der Waals surface area contributed by atoms with Crippen molar-refractivity contribution in [2.45, 2.75) is 31.3 Å². The lowest BCUT2D eigenvalue weighted by Gasteiger charge is -2.14. The first-order valence-electron chi connectivity index (χ1n) is 18.3. The average Bonchev–Trinajstić information content (AvgIpc) is 4.04. The van der Waals surface area contributed by atoms with Crippen LogP contribution in [-0.2, 0) is 32.9 Å². The highest BCUT2D eigenvalue weighted by molar-refractivity contribution is 6.08. The molecule has 304 valence electrons. The van der Waals surface area contributed by atoms with Crippen LogP contribution < -0.4 is 32.1 Å². The van der Waals surface area contributed by atoms with Gasteiger partial charge in [0, 0.05) is 72.5 Å². The zero-order valence-electron chi connectivity index (χ0n) is 32.0. The zero-order chi connectivity index (χ0) is 41.2. The summed E-state index contributed by atoms with van der Waals surface area (Å²) in [6.45, 7) is 0.284. The van der Waals surface area contributed by atoms with Crippen LogP contribution in [0.2, 0.25) is 0 Å². The summed E-state index contributed by atoms with van der Waals surface area (Å²) >= 11 is 0. The third-order valence-electron chi connectivity index (χ3n) is 9.72. The summed E-state index contributed by atoms with van der Waals surface area (Å²) in [5, 5.41) is 33.8. The number of aliphatic hydroxyl groups excluding tert-OH is 2. The van der Waals surface area contributed by atoms with Gasteiger partial charge < -0.3 is 59.8 Å². The second-order valence-corrected chi connectivity index (χ2v) is 13.9. The number of rotatable bonds is 14. The molecular formula is C37H43N13O8. The number of H-pyrrole nitrogens is 1. The fourth-order valence-corrected chi connectivity index (χ4v) is 6.72. The first-order chi connectivity index (χ1) is 27.8. The summed E-state index contributed by atoms with van der Waals surface area (Å²) in [4.78, 5) is 76.0. The van der Waals surface area contributed by atoms with Crippen molar-refractivity contribution in [3.05, 3.63) is 94.6 Å². The number of aromatic nitrogens is 8. The van der Waals surface area contributed by atoms with Gasteiger partial charge in [-0.15, -0.1) is 0 Å². The van der Waals surface area contributed by atoms with Gasteiger partial charge in [0.2, 0.25) is 5.95 Å². The predicted molar refractivity (Wildman–Crippen MR) is 211 cm³/mol. The van der Waals surface area contributed by atoms with Crippen molar-refractivity contribution in [2.24, 2.45) is 28.2 Å². The van der Waals surface area contributed by atoms with Crippen LogP contribution in [0.1, 0.15) is 61.0 Å². The Balaban J connectivity index is 0.893. The molecule has 21 heteroatoms. The maximum atomic E-state index is 13.3. The second-order valence-electron chi connectivity index (χ2n) is 13.9. The highest BCUT2D eigenvalue weighted by Crippen LogP contribution is 2.30. The van der Waals surface area contributed by atoms with E-state index < -0.39 is 35.8 Å². The molecule has 58 heavy (non-hydrogen) atoms. The lowest BCUT2D eigenvalue weighted by molar-refractivity contribution is -0.0432. The number of aliphatic hydroxyl groups is 2. The van der Waals surface area contributed by atoms with E-state index in [2.05, 4.69) is 41.5 Å². The Morgan fingerprint density at radius 2 is 1.40 bits per heavy atom. The molecule has 7 rings (SSSR count). The highest BCUT2D eigenvalue weighted by Gasteiger charge is 2.35. The van der Waals surface area contributed by atoms with Gasteiger partial charge in [0.25, 0.3) is 29.2 Å². The fourth-order valence-electron chi connectivity index (χ4n) is 6.72. The van der Waals surface area contributed by atoms with E-state index in [1.54, 1.807) is 100 Å². The molecule has 3 atom stereocenters. The first kappa shape index (κ1) is 39.3. The third kappa shape index (κ3) is 8.12. The smallest absolute Gasteiger partial charge is 0.280 e. The SMILES string of the molecule is Cn1cc(NC(=O)c2cc(NC(=O)c3cc(NC(=O)c4cccn4C)cn3C)cn2C)cc1C(=O)NCCCNc1nc2c(ncn2[C@H]2C[C@H](O)[C@@H](CO)O2)c(=O)[nH]1. The molecule has 21 nitrogen and oxygen atoms in total. The van der Waals surface area contributed by atoms with Crippen LogP contribution in [0.3, 0.4) is 0 Å². The number of anilines is 4. The lowest BCUT2D eigenvalue weighted by Crippen LogP contribution is -2.27. The topological polar surface area (TPSA) is 261 Å². The Morgan fingerprint density at radius 1 is 0.828 bits per heavy atom. The molecule has 0 bridgehead atoms. The Labute approximate surface area is 329 Å². The fraction of sp³-hybridized carbons (Fsp3) is 0.324. The molecular weight excluding hydrogens is 754 g/mol. The summed E-state index contributed by atoms with van der Waals surface area (Å²) in [6, 6.07) is 8.08.